The molecular weight excluding hydrogens is 468 g/mol. The van der Waals surface area contributed by atoms with Crippen molar-refractivity contribution in [3.8, 4) is 0 Å². The van der Waals surface area contributed by atoms with E-state index in [1.807, 2.05) is 32.0 Å². The lowest BCUT2D eigenvalue weighted by atomic mass is 10.1. The van der Waals surface area contributed by atoms with Crippen LogP contribution in [0.25, 0.3) is 10.2 Å². The minimum atomic E-state index is -0.575. The Balaban J connectivity index is 1.49. The SMILES string of the molecule is Cc1cccc(C)c1NC(=O)Cn1c(=O)n(CCCC(=O)NCc2ccco2)c(=O)c2sccc21. The number of aryl methyl sites for hydroxylation is 2. The number of amides is 2. The van der Waals surface area contributed by atoms with E-state index < -0.39 is 11.2 Å². The third-order valence-corrected chi connectivity index (χ3v) is 6.60. The van der Waals surface area contributed by atoms with Crippen molar-refractivity contribution in [2.45, 2.75) is 46.3 Å². The molecule has 0 aliphatic carbocycles. The van der Waals surface area contributed by atoms with Gasteiger partial charge in [-0.1, -0.05) is 18.2 Å². The molecule has 35 heavy (non-hydrogen) atoms. The number of carbonyl (C=O) groups is 2. The zero-order valence-corrected chi connectivity index (χ0v) is 20.3. The molecule has 3 heterocycles. The lowest BCUT2D eigenvalue weighted by Crippen LogP contribution is -2.41. The maximum absolute atomic E-state index is 13.2. The maximum atomic E-state index is 13.2. The second kappa shape index (κ2) is 10.6. The van der Waals surface area contributed by atoms with Crippen molar-refractivity contribution in [1.29, 1.82) is 0 Å². The fraction of sp³-hybridized carbons (Fsp3) is 0.280. The highest BCUT2D eigenvalue weighted by Crippen LogP contribution is 2.20. The molecule has 0 bridgehead atoms. The van der Waals surface area contributed by atoms with E-state index in [1.54, 1.807) is 23.6 Å². The van der Waals surface area contributed by atoms with Gasteiger partial charge in [-0.15, -0.1) is 11.3 Å². The molecule has 0 fully saturated rings. The molecule has 0 atom stereocenters. The van der Waals surface area contributed by atoms with Crippen LogP contribution in [0.2, 0.25) is 0 Å². The highest BCUT2D eigenvalue weighted by Gasteiger charge is 2.17. The van der Waals surface area contributed by atoms with Crippen LogP contribution in [0.5, 0.6) is 0 Å². The van der Waals surface area contributed by atoms with Gasteiger partial charge in [-0.05, 0) is 55.0 Å². The molecule has 2 N–H and O–H groups in total. The van der Waals surface area contributed by atoms with Crippen LogP contribution in [0, 0.1) is 13.8 Å². The average Bonchev–Trinajstić information content (AvgIpc) is 3.52. The molecule has 10 heteroatoms. The van der Waals surface area contributed by atoms with Gasteiger partial charge < -0.3 is 15.1 Å². The molecule has 0 radical (unpaired) electrons. The van der Waals surface area contributed by atoms with Crippen molar-refractivity contribution < 1.29 is 14.0 Å². The van der Waals surface area contributed by atoms with Crippen molar-refractivity contribution in [1.82, 2.24) is 14.5 Å². The molecule has 9 nitrogen and oxygen atoms in total. The Kier molecular flexibility index (Phi) is 7.31. The van der Waals surface area contributed by atoms with Crippen LogP contribution in [0.3, 0.4) is 0 Å². The number of para-hydroxylation sites is 1. The van der Waals surface area contributed by atoms with E-state index in [-0.39, 0.29) is 37.9 Å². The Morgan fingerprint density at radius 1 is 1.00 bits per heavy atom. The molecule has 1 aromatic carbocycles. The van der Waals surface area contributed by atoms with Crippen LogP contribution < -0.4 is 21.9 Å². The lowest BCUT2D eigenvalue weighted by molar-refractivity contribution is -0.121. The van der Waals surface area contributed by atoms with Gasteiger partial charge in [-0.25, -0.2) is 4.79 Å². The van der Waals surface area contributed by atoms with Crippen molar-refractivity contribution in [2.24, 2.45) is 0 Å². The van der Waals surface area contributed by atoms with Gasteiger partial charge in [0.1, 0.15) is 17.0 Å². The number of aromatic nitrogens is 2. The second-order valence-electron chi connectivity index (χ2n) is 8.24. The maximum Gasteiger partial charge on any atom is 0.332 e. The highest BCUT2D eigenvalue weighted by molar-refractivity contribution is 7.17. The molecule has 0 aliphatic rings. The summed E-state index contributed by atoms with van der Waals surface area (Å²) >= 11 is 1.22. The van der Waals surface area contributed by atoms with Crippen LogP contribution in [0.4, 0.5) is 5.69 Å². The molecule has 3 aromatic heterocycles. The van der Waals surface area contributed by atoms with Crippen LogP contribution in [0.1, 0.15) is 29.7 Å². The van der Waals surface area contributed by atoms with E-state index in [0.717, 1.165) is 15.7 Å². The number of nitrogens with zero attached hydrogens (tertiary/aromatic N) is 2. The topological polar surface area (TPSA) is 115 Å². The molecule has 0 saturated heterocycles. The molecule has 0 unspecified atom stereocenters. The molecule has 0 saturated carbocycles. The van der Waals surface area contributed by atoms with Gasteiger partial charge in [0.25, 0.3) is 5.56 Å². The van der Waals surface area contributed by atoms with Gasteiger partial charge in [-0.3, -0.25) is 23.5 Å². The number of thiophene rings is 1. The van der Waals surface area contributed by atoms with E-state index in [2.05, 4.69) is 10.6 Å². The number of carbonyl (C=O) groups excluding carboxylic acids is 2. The van der Waals surface area contributed by atoms with E-state index in [1.165, 1.54) is 22.2 Å². The zero-order valence-electron chi connectivity index (χ0n) is 19.5. The van der Waals surface area contributed by atoms with Crippen molar-refractivity contribution in [2.75, 3.05) is 5.32 Å². The summed E-state index contributed by atoms with van der Waals surface area (Å²) in [5, 5.41) is 7.35. The Morgan fingerprint density at radius 3 is 2.49 bits per heavy atom. The molecule has 0 spiro atoms. The summed E-state index contributed by atoms with van der Waals surface area (Å²) in [6, 6.07) is 10.9. The summed E-state index contributed by atoms with van der Waals surface area (Å²) in [6.45, 7) is 3.91. The average molecular weight is 495 g/mol. The minimum Gasteiger partial charge on any atom is -0.467 e. The van der Waals surface area contributed by atoms with Gasteiger partial charge in [0.15, 0.2) is 0 Å². The van der Waals surface area contributed by atoms with Gasteiger partial charge in [-0.2, -0.15) is 0 Å². The number of nitrogens with one attached hydrogen (secondary N) is 2. The summed E-state index contributed by atoms with van der Waals surface area (Å²) in [4.78, 5) is 51.1. The molecule has 2 amide bonds. The third-order valence-electron chi connectivity index (χ3n) is 5.71. The van der Waals surface area contributed by atoms with Gasteiger partial charge in [0.2, 0.25) is 11.8 Å². The number of furan rings is 1. The molecule has 182 valence electrons. The Bertz CT molecular complexity index is 1460. The fourth-order valence-corrected chi connectivity index (χ4v) is 4.75. The predicted octanol–water partition coefficient (Wildman–Crippen LogP) is 3.17. The standard InChI is InChI=1S/C25H26N4O5S/c1-16-6-3-7-17(2)22(16)27-21(31)15-29-19-10-13-35-23(19)24(32)28(25(29)33)11-4-9-20(30)26-14-18-8-5-12-34-18/h3,5-8,10,12-13H,4,9,11,14-15H2,1-2H3,(H,26,30)(H,27,31). The van der Waals surface area contributed by atoms with E-state index in [4.69, 9.17) is 4.42 Å². The van der Waals surface area contributed by atoms with E-state index >= 15 is 0 Å². The van der Waals surface area contributed by atoms with Crippen molar-refractivity contribution >= 4 is 39.1 Å². The first-order valence-electron chi connectivity index (χ1n) is 11.2. The Morgan fingerprint density at radius 2 is 1.77 bits per heavy atom. The zero-order chi connectivity index (χ0) is 24.9. The Hall–Kier alpha value is -3.92. The lowest BCUT2D eigenvalue weighted by Gasteiger charge is -2.14. The first-order valence-corrected chi connectivity index (χ1v) is 12.1. The summed E-state index contributed by atoms with van der Waals surface area (Å²) in [5.41, 5.74) is 1.98. The van der Waals surface area contributed by atoms with Gasteiger partial charge in [0, 0.05) is 18.7 Å². The predicted molar refractivity (Wildman–Crippen MR) is 135 cm³/mol. The normalized spacial score (nSPS) is 11.0. The van der Waals surface area contributed by atoms with Gasteiger partial charge >= 0.3 is 5.69 Å². The number of benzene rings is 1. The summed E-state index contributed by atoms with van der Waals surface area (Å²) in [7, 11) is 0. The van der Waals surface area contributed by atoms with E-state index in [9.17, 15) is 19.2 Å². The van der Waals surface area contributed by atoms with E-state index in [0.29, 0.717) is 28.1 Å². The second-order valence-corrected chi connectivity index (χ2v) is 9.15. The molecule has 0 aliphatic heterocycles. The molecular formula is C25H26N4O5S. The van der Waals surface area contributed by atoms with Crippen LogP contribution in [-0.4, -0.2) is 20.9 Å². The van der Waals surface area contributed by atoms with Crippen molar-refractivity contribution in [3.05, 3.63) is 85.8 Å². The van der Waals surface area contributed by atoms with Crippen LogP contribution in [0.15, 0.2) is 62.0 Å². The quantitative estimate of drug-likeness (QED) is 0.371. The fourth-order valence-electron chi connectivity index (χ4n) is 3.90. The van der Waals surface area contributed by atoms with Crippen LogP contribution in [-0.2, 0) is 29.2 Å². The number of anilines is 1. The van der Waals surface area contributed by atoms with Crippen LogP contribution >= 0.6 is 11.3 Å². The largest absolute Gasteiger partial charge is 0.467 e. The van der Waals surface area contributed by atoms with Gasteiger partial charge in [0.05, 0.1) is 18.3 Å². The minimum absolute atomic E-state index is 0.0677. The van der Waals surface area contributed by atoms with Crippen molar-refractivity contribution in [3.63, 3.8) is 0 Å². The summed E-state index contributed by atoms with van der Waals surface area (Å²) < 4.78 is 7.99. The third kappa shape index (κ3) is 5.43. The summed E-state index contributed by atoms with van der Waals surface area (Å²) in [6.07, 6.45) is 1.97. The number of rotatable bonds is 9. The molecule has 4 aromatic rings. The summed E-state index contributed by atoms with van der Waals surface area (Å²) in [5.74, 6) is 0.0687. The Labute approximate surface area is 205 Å². The smallest absolute Gasteiger partial charge is 0.332 e. The highest BCUT2D eigenvalue weighted by atomic mass is 32.1. The first-order chi connectivity index (χ1) is 16.8. The molecule has 4 rings (SSSR count). The number of hydrogen-bond acceptors (Lipinski definition) is 6. The number of fused-ring (bicyclic) bond motifs is 1. The first kappa shape index (κ1) is 24.2. The monoisotopic (exact) mass is 494 g/mol. The number of hydrogen-bond donors (Lipinski definition) is 2.